The fraction of sp³-hybridized carbons (Fsp3) is 0.263. The summed E-state index contributed by atoms with van der Waals surface area (Å²) in [5.41, 5.74) is 0.878. The summed E-state index contributed by atoms with van der Waals surface area (Å²) in [4.78, 5) is 28.6. The van der Waals surface area contributed by atoms with Crippen molar-refractivity contribution in [2.24, 2.45) is 0 Å². The van der Waals surface area contributed by atoms with Gasteiger partial charge in [-0.25, -0.2) is 4.79 Å². The van der Waals surface area contributed by atoms with E-state index in [1.54, 1.807) is 18.2 Å². The molecule has 1 saturated heterocycles. The summed E-state index contributed by atoms with van der Waals surface area (Å²) in [7, 11) is 0. The molecule has 4 rings (SSSR count). The smallest absolute Gasteiger partial charge is 0.402 e. The average Bonchev–Trinajstić information content (AvgIpc) is 2.67. The van der Waals surface area contributed by atoms with Crippen LogP contribution in [0.2, 0.25) is 0 Å². The minimum atomic E-state index is -0.818. The molecule has 0 amide bonds. The summed E-state index contributed by atoms with van der Waals surface area (Å²) >= 11 is 0. The van der Waals surface area contributed by atoms with E-state index in [2.05, 4.69) is 21.9 Å². The number of aromatic nitrogens is 1. The molecule has 1 fully saturated rings. The van der Waals surface area contributed by atoms with Crippen molar-refractivity contribution in [1.29, 1.82) is 0 Å². The first-order chi connectivity index (χ1) is 12.2. The Bertz CT molecular complexity index is 986. The second-order valence-electron chi connectivity index (χ2n) is 6.17. The van der Waals surface area contributed by atoms with Gasteiger partial charge in [-0.05, 0) is 24.3 Å². The number of hydrogen-bond acceptors (Lipinski definition) is 5. The number of hydrogen-bond donors (Lipinski definition) is 0. The Morgan fingerprint density at radius 3 is 2.28 bits per heavy atom. The Morgan fingerprint density at radius 1 is 0.840 bits per heavy atom. The molecule has 0 atom stereocenters. The first kappa shape index (κ1) is 15.7. The lowest BCUT2D eigenvalue weighted by molar-refractivity contribution is 0.204. The Hall–Kier alpha value is -2.86. The lowest BCUT2D eigenvalue weighted by Crippen LogP contribution is -2.48. The quantitative estimate of drug-likeness (QED) is 0.681. The molecule has 0 radical (unpaired) electrons. The third kappa shape index (κ3) is 3.08. The van der Waals surface area contributed by atoms with Crippen molar-refractivity contribution in [1.82, 2.24) is 9.47 Å². The molecule has 0 saturated carbocycles. The molecule has 2 aromatic carbocycles. The molecule has 6 heteroatoms. The normalized spacial score (nSPS) is 15.6. The summed E-state index contributed by atoms with van der Waals surface area (Å²) in [6.07, 6.45) is 0. The number of anilines is 1. The van der Waals surface area contributed by atoms with Crippen molar-refractivity contribution in [2.45, 2.75) is 6.67 Å². The monoisotopic (exact) mass is 337 g/mol. The summed E-state index contributed by atoms with van der Waals surface area (Å²) in [6.45, 7) is 3.83. The molecule has 0 aliphatic carbocycles. The molecule has 25 heavy (non-hydrogen) atoms. The van der Waals surface area contributed by atoms with Gasteiger partial charge in [-0.1, -0.05) is 30.3 Å². The lowest BCUT2D eigenvalue weighted by atomic mass is 10.2. The highest BCUT2D eigenvalue weighted by molar-refractivity contribution is 5.71. The molecule has 1 aliphatic heterocycles. The predicted octanol–water partition coefficient (Wildman–Crippen LogP) is 1.73. The van der Waals surface area contributed by atoms with Crippen molar-refractivity contribution in [2.75, 3.05) is 31.1 Å². The second kappa shape index (κ2) is 6.57. The number of para-hydroxylation sites is 3. The van der Waals surface area contributed by atoms with Crippen LogP contribution in [-0.4, -0.2) is 35.6 Å². The van der Waals surface area contributed by atoms with Gasteiger partial charge in [0.25, 0.3) is 0 Å². The number of fused-ring (bicyclic) bond motifs is 1. The standard InChI is InChI=1S/C19H19N3O3/c23-18-19(24)25-17-9-5-4-8-16(17)22(18)14-20-10-12-21(13-11-20)15-6-2-1-3-7-15/h1-9H,10-14H2. The van der Waals surface area contributed by atoms with Crippen molar-refractivity contribution in [3.8, 4) is 0 Å². The fourth-order valence-electron chi connectivity index (χ4n) is 3.26. The highest BCUT2D eigenvalue weighted by Gasteiger charge is 2.19. The summed E-state index contributed by atoms with van der Waals surface area (Å²) < 4.78 is 6.59. The Morgan fingerprint density at radius 2 is 1.52 bits per heavy atom. The van der Waals surface area contributed by atoms with Crippen LogP contribution in [0.25, 0.3) is 11.1 Å². The third-order valence-corrected chi connectivity index (χ3v) is 4.61. The van der Waals surface area contributed by atoms with E-state index in [0.717, 1.165) is 26.2 Å². The van der Waals surface area contributed by atoms with Crippen LogP contribution >= 0.6 is 0 Å². The number of benzene rings is 2. The first-order valence-corrected chi connectivity index (χ1v) is 8.37. The van der Waals surface area contributed by atoms with Crippen LogP contribution in [0, 0.1) is 0 Å². The van der Waals surface area contributed by atoms with Crippen molar-refractivity contribution in [3.63, 3.8) is 0 Å². The highest BCUT2D eigenvalue weighted by Crippen LogP contribution is 2.16. The van der Waals surface area contributed by atoms with Gasteiger partial charge in [0.1, 0.15) is 0 Å². The van der Waals surface area contributed by atoms with Gasteiger partial charge in [-0.2, -0.15) is 0 Å². The Balaban J connectivity index is 1.55. The van der Waals surface area contributed by atoms with E-state index in [9.17, 15) is 9.59 Å². The summed E-state index contributed by atoms with van der Waals surface area (Å²) in [5, 5.41) is 0. The van der Waals surface area contributed by atoms with Gasteiger partial charge < -0.3 is 9.32 Å². The van der Waals surface area contributed by atoms with Crippen LogP contribution in [-0.2, 0) is 6.67 Å². The Kier molecular flexibility index (Phi) is 4.11. The molecule has 2 heterocycles. The van der Waals surface area contributed by atoms with E-state index >= 15 is 0 Å². The van der Waals surface area contributed by atoms with Gasteiger partial charge in [0, 0.05) is 31.9 Å². The first-order valence-electron chi connectivity index (χ1n) is 8.37. The van der Waals surface area contributed by atoms with Crippen molar-refractivity contribution >= 4 is 16.8 Å². The molecule has 0 unspecified atom stereocenters. The van der Waals surface area contributed by atoms with Gasteiger partial charge >= 0.3 is 11.2 Å². The van der Waals surface area contributed by atoms with Crippen LogP contribution in [0.5, 0.6) is 0 Å². The maximum absolute atomic E-state index is 12.3. The summed E-state index contributed by atoms with van der Waals surface area (Å²) in [5.74, 6) is 0. The molecular formula is C19H19N3O3. The van der Waals surface area contributed by atoms with E-state index in [-0.39, 0.29) is 0 Å². The Labute approximate surface area is 144 Å². The van der Waals surface area contributed by atoms with E-state index in [0.29, 0.717) is 17.8 Å². The minimum absolute atomic E-state index is 0.396. The number of nitrogens with zero attached hydrogens (tertiary/aromatic N) is 3. The molecule has 1 aromatic heterocycles. The van der Waals surface area contributed by atoms with Crippen LogP contribution in [0.1, 0.15) is 0 Å². The van der Waals surface area contributed by atoms with Gasteiger partial charge in [0.2, 0.25) is 0 Å². The van der Waals surface area contributed by atoms with E-state index in [4.69, 9.17) is 4.42 Å². The van der Waals surface area contributed by atoms with Gasteiger partial charge in [0.05, 0.1) is 12.2 Å². The predicted molar refractivity (Wildman–Crippen MR) is 97.0 cm³/mol. The van der Waals surface area contributed by atoms with E-state index < -0.39 is 11.2 Å². The molecule has 1 aliphatic rings. The SMILES string of the molecule is O=c1oc2ccccc2n(CN2CCN(c3ccccc3)CC2)c1=O. The van der Waals surface area contributed by atoms with Gasteiger partial charge in [0.15, 0.2) is 5.58 Å². The maximum atomic E-state index is 12.3. The third-order valence-electron chi connectivity index (χ3n) is 4.61. The second-order valence-corrected chi connectivity index (χ2v) is 6.17. The molecule has 128 valence electrons. The van der Waals surface area contributed by atoms with Crippen LogP contribution in [0.4, 0.5) is 5.69 Å². The molecular weight excluding hydrogens is 318 g/mol. The molecule has 0 bridgehead atoms. The van der Waals surface area contributed by atoms with Crippen LogP contribution < -0.4 is 16.1 Å². The largest absolute Gasteiger partial charge is 0.417 e. The lowest BCUT2D eigenvalue weighted by Gasteiger charge is -2.36. The van der Waals surface area contributed by atoms with Gasteiger partial charge in [-0.3, -0.25) is 14.3 Å². The minimum Gasteiger partial charge on any atom is -0.417 e. The van der Waals surface area contributed by atoms with E-state index in [1.807, 2.05) is 24.3 Å². The molecule has 6 nitrogen and oxygen atoms in total. The number of rotatable bonds is 3. The molecule has 0 spiro atoms. The van der Waals surface area contributed by atoms with Gasteiger partial charge in [-0.15, -0.1) is 0 Å². The topological polar surface area (TPSA) is 58.7 Å². The zero-order valence-electron chi connectivity index (χ0n) is 13.8. The van der Waals surface area contributed by atoms with Crippen LogP contribution in [0.15, 0.2) is 68.6 Å². The molecule has 0 N–H and O–H groups in total. The average molecular weight is 337 g/mol. The number of piperazine rings is 1. The van der Waals surface area contributed by atoms with Crippen LogP contribution in [0.3, 0.4) is 0 Å². The summed E-state index contributed by atoms with van der Waals surface area (Å²) in [6, 6.07) is 17.4. The van der Waals surface area contributed by atoms with Crippen molar-refractivity contribution in [3.05, 3.63) is 75.4 Å². The fourth-order valence-corrected chi connectivity index (χ4v) is 3.26. The highest BCUT2D eigenvalue weighted by atomic mass is 16.4. The zero-order chi connectivity index (χ0) is 17.2. The van der Waals surface area contributed by atoms with E-state index in [1.165, 1.54) is 10.3 Å². The maximum Gasteiger partial charge on any atom is 0.402 e. The molecule has 3 aromatic rings. The zero-order valence-corrected chi connectivity index (χ0v) is 13.8. The van der Waals surface area contributed by atoms with Crippen molar-refractivity contribution < 1.29 is 4.42 Å².